The van der Waals surface area contributed by atoms with E-state index in [1.807, 2.05) is 51.1 Å². The second kappa shape index (κ2) is 7.29. The quantitative estimate of drug-likeness (QED) is 0.737. The lowest BCUT2D eigenvalue weighted by molar-refractivity contribution is -0.150. The third kappa shape index (κ3) is 4.01. The number of amides is 2. The zero-order valence-electron chi connectivity index (χ0n) is 14.8. The van der Waals surface area contributed by atoms with Gasteiger partial charge < -0.3 is 0 Å². The summed E-state index contributed by atoms with van der Waals surface area (Å²) in [5, 5.41) is 0. The minimum absolute atomic E-state index is 0.0157. The Labute approximate surface area is 140 Å². The van der Waals surface area contributed by atoms with E-state index in [9.17, 15) is 9.59 Å². The van der Waals surface area contributed by atoms with Gasteiger partial charge in [0.1, 0.15) is 0 Å². The van der Waals surface area contributed by atoms with Gasteiger partial charge in [0.05, 0.1) is 6.04 Å². The summed E-state index contributed by atoms with van der Waals surface area (Å²) in [7, 11) is 0. The molecule has 1 aromatic rings. The minimum Gasteiger partial charge on any atom is -0.274 e. The standard InChI is InChI=1S/C20H29NO2/c1-5-6-8-13-16-14-17(15-11-9-7-10-12-15)21(18(16)22)19(23)20(2,3)4/h7,9-12,16-17H,5-6,8,13-14H2,1-4H3/t16-,17-/m0/s1. The van der Waals surface area contributed by atoms with Crippen LogP contribution in [0.15, 0.2) is 30.3 Å². The molecule has 0 aliphatic carbocycles. The highest BCUT2D eigenvalue weighted by atomic mass is 16.2. The molecule has 0 aromatic heterocycles. The van der Waals surface area contributed by atoms with E-state index in [1.54, 1.807) is 4.90 Å². The Hall–Kier alpha value is -1.64. The number of carbonyl (C=O) groups excluding carboxylic acids is 2. The van der Waals surface area contributed by atoms with Crippen LogP contribution in [0.4, 0.5) is 0 Å². The van der Waals surface area contributed by atoms with Crippen LogP contribution >= 0.6 is 0 Å². The van der Waals surface area contributed by atoms with Crippen molar-refractivity contribution in [3.63, 3.8) is 0 Å². The molecule has 23 heavy (non-hydrogen) atoms. The van der Waals surface area contributed by atoms with Crippen molar-refractivity contribution in [1.29, 1.82) is 0 Å². The SMILES string of the molecule is CCCCC[C@H]1C[C@@H](c2ccccc2)N(C(=O)C(C)(C)C)C1=O. The van der Waals surface area contributed by atoms with Gasteiger partial charge in [-0.3, -0.25) is 14.5 Å². The largest absolute Gasteiger partial charge is 0.274 e. The lowest BCUT2D eigenvalue weighted by Crippen LogP contribution is -2.42. The number of nitrogens with zero attached hydrogens (tertiary/aromatic N) is 1. The predicted molar refractivity (Wildman–Crippen MR) is 92.7 cm³/mol. The van der Waals surface area contributed by atoms with Crippen molar-refractivity contribution in [3.8, 4) is 0 Å². The van der Waals surface area contributed by atoms with Crippen molar-refractivity contribution in [1.82, 2.24) is 4.90 Å². The maximum absolute atomic E-state index is 12.9. The van der Waals surface area contributed by atoms with Crippen molar-refractivity contribution >= 4 is 11.8 Å². The highest BCUT2D eigenvalue weighted by Gasteiger charge is 2.45. The third-order valence-electron chi connectivity index (χ3n) is 4.61. The highest BCUT2D eigenvalue weighted by Crippen LogP contribution is 2.40. The van der Waals surface area contributed by atoms with Crippen molar-refractivity contribution in [2.75, 3.05) is 0 Å². The van der Waals surface area contributed by atoms with Crippen LogP contribution in [-0.2, 0) is 9.59 Å². The lowest BCUT2D eigenvalue weighted by atomic mass is 9.93. The van der Waals surface area contributed by atoms with Crippen LogP contribution in [0.1, 0.15) is 71.4 Å². The van der Waals surface area contributed by atoms with E-state index in [2.05, 4.69) is 6.92 Å². The molecule has 3 nitrogen and oxygen atoms in total. The normalized spacial score (nSPS) is 21.7. The molecule has 1 heterocycles. The Kier molecular flexibility index (Phi) is 5.61. The van der Waals surface area contributed by atoms with Crippen molar-refractivity contribution in [2.45, 2.75) is 65.8 Å². The van der Waals surface area contributed by atoms with E-state index >= 15 is 0 Å². The van der Waals surface area contributed by atoms with Gasteiger partial charge in [-0.1, -0.05) is 77.3 Å². The van der Waals surface area contributed by atoms with Gasteiger partial charge in [0, 0.05) is 11.3 Å². The number of hydrogen-bond acceptors (Lipinski definition) is 2. The van der Waals surface area contributed by atoms with Gasteiger partial charge >= 0.3 is 0 Å². The first-order valence-corrected chi connectivity index (χ1v) is 8.78. The molecule has 0 N–H and O–H groups in total. The number of carbonyl (C=O) groups is 2. The molecular formula is C20H29NO2. The van der Waals surface area contributed by atoms with Crippen LogP contribution in [0.3, 0.4) is 0 Å². The smallest absolute Gasteiger partial charge is 0.235 e. The fraction of sp³-hybridized carbons (Fsp3) is 0.600. The summed E-state index contributed by atoms with van der Waals surface area (Å²) in [4.78, 5) is 27.3. The Morgan fingerprint density at radius 2 is 1.83 bits per heavy atom. The van der Waals surface area contributed by atoms with E-state index in [4.69, 9.17) is 0 Å². The number of unbranched alkanes of at least 4 members (excludes halogenated alkanes) is 2. The van der Waals surface area contributed by atoms with E-state index in [0.29, 0.717) is 0 Å². The van der Waals surface area contributed by atoms with E-state index in [-0.39, 0.29) is 23.8 Å². The maximum Gasteiger partial charge on any atom is 0.235 e. The highest BCUT2D eigenvalue weighted by molar-refractivity contribution is 6.00. The van der Waals surface area contributed by atoms with Crippen LogP contribution < -0.4 is 0 Å². The van der Waals surface area contributed by atoms with Crippen molar-refractivity contribution in [3.05, 3.63) is 35.9 Å². The molecule has 1 fully saturated rings. The number of imide groups is 1. The molecule has 0 bridgehead atoms. The number of benzene rings is 1. The van der Waals surface area contributed by atoms with Crippen LogP contribution in [0.25, 0.3) is 0 Å². The number of likely N-dealkylation sites (tertiary alicyclic amines) is 1. The summed E-state index contributed by atoms with van der Waals surface area (Å²) in [5.74, 6) is -0.0534. The number of hydrogen-bond donors (Lipinski definition) is 0. The van der Waals surface area contributed by atoms with Crippen LogP contribution in [0.5, 0.6) is 0 Å². The van der Waals surface area contributed by atoms with Gasteiger partial charge in [0.15, 0.2) is 0 Å². The molecule has 1 aliphatic heterocycles. The zero-order valence-corrected chi connectivity index (χ0v) is 14.8. The third-order valence-corrected chi connectivity index (χ3v) is 4.61. The molecule has 0 unspecified atom stereocenters. The number of rotatable bonds is 5. The van der Waals surface area contributed by atoms with E-state index < -0.39 is 5.41 Å². The summed E-state index contributed by atoms with van der Waals surface area (Å²) in [5.41, 5.74) is 0.525. The first-order valence-electron chi connectivity index (χ1n) is 8.78. The van der Waals surface area contributed by atoms with Crippen LogP contribution in [0.2, 0.25) is 0 Å². The average Bonchev–Trinajstić information content (AvgIpc) is 2.84. The molecule has 0 radical (unpaired) electrons. The summed E-state index contributed by atoms with van der Waals surface area (Å²) >= 11 is 0. The van der Waals surface area contributed by atoms with Gasteiger partial charge in [0.25, 0.3) is 0 Å². The first kappa shape index (κ1) is 17.7. The molecule has 1 aromatic carbocycles. The van der Waals surface area contributed by atoms with E-state index in [1.165, 1.54) is 0 Å². The molecule has 0 saturated carbocycles. The monoisotopic (exact) mass is 315 g/mol. The fourth-order valence-corrected chi connectivity index (χ4v) is 3.27. The predicted octanol–water partition coefficient (Wildman–Crippen LogP) is 4.73. The second-order valence-electron chi connectivity index (χ2n) is 7.62. The average molecular weight is 315 g/mol. The van der Waals surface area contributed by atoms with Gasteiger partial charge in [-0.05, 0) is 18.4 Å². The molecule has 3 heteroatoms. The maximum atomic E-state index is 12.9. The Bertz CT molecular complexity index is 545. The van der Waals surface area contributed by atoms with Crippen molar-refractivity contribution < 1.29 is 9.59 Å². The van der Waals surface area contributed by atoms with Crippen molar-refractivity contribution in [2.24, 2.45) is 11.3 Å². The lowest BCUT2D eigenvalue weighted by Gasteiger charge is -2.29. The molecule has 1 aliphatic rings. The second-order valence-corrected chi connectivity index (χ2v) is 7.62. The van der Waals surface area contributed by atoms with Gasteiger partial charge in [-0.25, -0.2) is 0 Å². The topological polar surface area (TPSA) is 37.4 Å². The first-order chi connectivity index (χ1) is 10.9. The molecular weight excluding hydrogens is 286 g/mol. The van der Waals surface area contributed by atoms with Gasteiger partial charge in [-0.2, -0.15) is 0 Å². The summed E-state index contributed by atoms with van der Waals surface area (Å²) in [6.07, 6.45) is 5.00. The van der Waals surface area contributed by atoms with E-state index in [0.717, 1.165) is 37.7 Å². The summed E-state index contributed by atoms with van der Waals surface area (Å²) in [6.45, 7) is 7.82. The molecule has 0 spiro atoms. The molecule has 2 atom stereocenters. The molecule has 2 amide bonds. The molecule has 126 valence electrons. The van der Waals surface area contributed by atoms with Crippen LogP contribution in [-0.4, -0.2) is 16.7 Å². The Balaban J connectivity index is 2.26. The molecule has 2 rings (SSSR count). The molecule has 1 saturated heterocycles. The van der Waals surface area contributed by atoms with Gasteiger partial charge in [0.2, 0.25) is 11.8 Å². The minimum atomic E-state index is -0.541. The zero-order chi connectivity index (χ0) is 17.0. The van der Waals surface area contributed by atoms with Gasteiger partial charge in [-0.15, -0.1) is 0 Å². The summed E-state index contributed by atoms with van der Waals surface area (Å²) in [6, 6.07) is 9.86. The summed E-state index contributed by atoms with van der Waals surface area (Å²) < 4.78 is 0. The fourth-order valence-electron chi connectivity index (χ4n) is 3.27. The Morgan fingerprint density at radius 1 is 1.17 bits per heavy atom. The Morgan fingerprint density at radius 3 is 2.39 bits per heavy atom. The van der Waals surface area contributed by atoms with Crippen LogP contribution in [0, 0.1) is 11.3 Å².